The minimum absolute atomic E-state index is 0.104. The molecule has 0 amide bonds. The molecule has 0 aromatic carbocycles. The first-order valence-corrected chi connectivity index (χ1v) is 5.71. The second kappa shape index (κ2) is 8.57. The van der Waals surface area contributed by atoms with E-state index in [2.05, 4.69) is 4.98 Å². The van der Waals surface area contributed by atoms with Gasteiger partial charge in [-0.3, -0.25) is 0 Å². The Hall–Kier alpha value is -1.51. The van der Waals surface area contributed by atoms with Gasteiger partial charge in [0.15, 0.2) is 17.5 Å². The molecule has 0 spiro atoms. The van der Waals surface area contributed by atoms with Gasteiger partial charge in [0.05, 0.1) is 6.61 Å². The topological polar surface area (TPSA) is 78.6 Å². The van der Waals surface area contributed by atoms with Crippen LogP contribution >= 0.6 is 0 Å². The minimum atomic E-state index is -0.893. The smallest absolute Gasteiger partial charge is 0.252 e. The Morgan fingerprint density at radius 1 is 1.21 bits per heavy atom. The average Bonchev–Trinajstić information content (AvgIpc) is 2.40. The number of aromatic nitrogens is 1. The highest BCUT2D eigenvalue weighted by Crippen LogP contribution is 2.19. The summed E-state index contributed by atoms with van der Waals surface area (Å²) in [7, 11) is 1.61. The fraction of sp³-hybridized carbons (Fsp3) is 0.545. The van der Waals surface area contributed by atoms with Gasteiger partial charge in [0.2, 0.25) is 0 Å². The van der Waals surface area contributed by atoms with E-state index in [1.807, 2.05) is 5.43 Å². The number of hydrazine groups is 1. The maximum atomic E-state index is 13.3. The van der Waals surface area contributed by atoms with Crippen LogP contribution in [-0.4, -0.2) is 38.5 Å². The number of halogens is 2. The van der Waals surface area contributed by atoms with E-state index in [0.29, 0.717) is 19.3 Å². The molecule has 1 rings (SSSR count). The molecule has 0 radical (unpaired) electrons. The number of nitrogens with one attached hydrogen (secondary N) is 1. The molecule has 3 N–H and O–H groups in total. The number of nitrogens with two attached hydrogens (primary N) is 1. The highest BCUT2D eigenvalue weighted by atomic mass is 19.1. The largest absolute Gasteiger partial charge is 0.473 e. The average molecular weight is 277 g/mol. The highest BCUT2D eigenvalue weighted by molar-refractivity contribution is 5.38. The fourth-order valence-corrected chi connectivity index (χ4v) is 1.26. The van der Waals surface area contributed by atoms with Crippen LogP contribution in [0.3, 0.4) is 0 Å². The van der Waals surface area contributed by atoms with Gasteiger partial charge in [-0.2, -0.15) is 4.98 Å². The zero-order valence-corrected chi connectivity index (χ0v) is 10.6. The molecule has 0 aliphatic rings. The van der Waals surface area contributed by atoms with Crippen molar-refractivity contribution >= 4 is 5.82 Å². The zero-order valence-electron chi connectivity index (χ0n) is 10.6. The molecule has 0 aliphatic heterocycles. The summed E-state index contributed by atoms with van der Waals surface area (Å²) in [6.45, 7) is 1.51. The van der Waals surface area contributed by atoms with Gasteiger partial charge >= 0.3 is 0 Å². The van der Waals surface area contributed by atoms with Gasteiger partial charge in [0.1, 0.15) is 6.61 Å². The molecule has 8 heteroatoms. The molecule has 108 valence electrons. The summed E-state index contributed by atoms with van der Waals surface area (Å²) in [5.74, 6) is 2.64. The summed E-state index contributed by atoms with van der Waals surface area (Å²) in [5, 5.41) is 0. The molecule has 0 saturated heterocycles. The van der Waals surface area contributed by atoms with Crippen LogP contribution in [0.15, 0.2) is 6.07 Å². The van der Waals surface area contributed by atoms with Crippen LogP contribution in [0, 0.1) is 11.6 Å². The number of hydrogen-bond acceptors (Lipinski definition) is 6. The molecule has 0 fully saturated rings. The molecule has 1 heterocycles. The van der Waals surface area contributed by atoms with Gasteiger partial charge < -0.3 is 19.6 Å². The Morgan fingerprint density at radius 2 is 2.00 bits per heavy atom. The Kier molecular flexibility index (Phi) is 7.01. The lowest BCUT2D eigenvalue weighted by atomic mass is 10.4. The van der Waals surface area contributed by atoms with Gasteiger partial charge in [-0.15, -0.1) is 0 Å². The van der Waals surface area contributed by atoms with E-state index in [4.69, 9.17) is 20.1 Å². The molecule has 6 nitrogen and oxygen atoms in total. The summed E-state index contributed by atoms with van der Waals surface area (Å²) in [5.41, 5.74) is 2.01. The summed E-state index contributed by atoms with van der Waals surface area (Å²) < 4.78 is 41.4. The third-order valence-electron chi connectivity index (χ3n) is 2.14. The lowest BCUT2D eigenvalue weighted by molar-refractivity contribution is 0.0784. The third kappa shape index (κ3) is 5.33. The first-order chi connectivity index (χ1) is 9.19. The Morgan fingerprint density at radius 3 is 2.68 bits per heavy atom. The van der Waals surface area contributed by atoms with E-state index in [-0.39, 0.29) is 24.9 Å². The number of hydrogen-bond donors (Lipinski definition) is 2. The van der Waals surface area contributed by atoms with Crippen LogP contribution in [0.1, 0.15) is 6.42 Å². The van der Waals surface area contributed by atoms with Crippen LogP contribution < -0.4 is 16.0 Å². The third-order valence-corrected chi connectivity index (χ3v) is 2.14. The number of rotatable bonds is 9. The normalized spacial score (nSPS) is 10.5. The predicted octanol–water partition coefficient (Wildman–Crippen LogP) is 1.08. The molecule has 19 heavy (non-hydrogen) atoms. The number of pyridine rings is 1. The summed E-state index contributed by atoms with van der Waals surface area (Å²) in [6.07, 6.45) is 0.765. The summed E-state index contributed by atoms with van der Waals surface area (Å²) in [4.78, 5) is 3.55. The molecule has 0 bridgehead atoms. The number of ether oxygens (including phenoxy) is 3. The molecule has 1 aromatic rings. The minimum Gasteiger partial charge on any atom is -0.473 e. The van der Waals surface area contributed by atoms with E-state index in [1.165, 1.54) is 0 Å². The van der Waals surface area contributed by atoms with Crippen LogP contribution in [0.5, 0.6) is 5.88 Å². The van der Waals surface area contributed by atoms with Crippen molar-refractivity contribution in [2.45, 2.75) is 6.42 Å². The number of nitrogen functional groups attached to an aromatic ring is 1. The molecule has 0 atom stereocenters. The van der Waals surface area contributed by atoms with Crippen molar-refractivity contribution in [3.63, 3.8) is 0 Å². The zero-order chi connectivity index (χ0) is 14.1. The second-order valence-electron chi connectivity index (χ2n) is 3.56. The van der Waals surface area contributed by atoms with Crippen LogP contribution in [-0.2, 0) is 9.47 Å². The summed E-state index contributed by atoms with van der Waals surface area (Å²) in [6, 6.07) is 0.650. The van der Waals surface area contributed by atoms with Crippen LogP contribution in [0.25, 0.3) is 0 Å². The highest BCUT2D eigenvalue weighted by Gasteiger charge is 2.12. The summed E-state index contributed by atoms with van der Waals surface area (Å²) >= 11 is 0. The predicted molar refractivity (Wildman–Crippen MR) is 64.8 cm³/mol. The number of nitrogens with zero attached hydrogens (tertiary/aromatic N) is 1. The van der Waals surface area contributed by atoms with Crippen LogP contribution in [0.2, 0.25) is 0 Å². The van der Waals surface area contributed by atoms with Crippen molar-refractivity contribution in [3.8, 4) is 5.88 Å². The van der Waals surface area contributed by atoms with Crippen molar-refractivity contribution in [2.24, 2.45) is 5.84 Å². The van der Waals surface area contributed by atoms with Gasteiger partial charge in [0.25, 0.3) is 5.88 Å². The molecule has 0 unspecified atom stereocenters. The van der Waals surface area contributed by atoms with E-state index < -0.39 is 11.6 Å². The molecule has 1 aromatic heterocycles. The monoisotopic (exact) mass is 277 g/mol. The van der Waals surface area contributed by atoms with Gasteiger partial charge in [-0.25, -0.2) is 14.6 Å². The first-order valence-electron chi connectivity index (χ1n) is 5.71. The molecular weight excluding hydrogens is 260 g/mol. The van der Waals surface area contributed by atoms with Crippen molar-refractivity contribution in [2.75, 3.05) is 39.0 Å². The van der Waals surface area contributed by atoms with Gasteiger partial charge in [-0.1, -0.05) is 0 Å². The number of methoxy groups -OCH3 is 1. The maximum Gasteiger partial charge on any atom is 0.252 e. The van der Waals surface area contributed by atoms with E-state index in [9.17, 15) is 8.78 Å². The van der Waals surface area contributed by atoms with Gasteiger partial charge in [-0.05, 0) is 6.42 Å². The van der Waals surface area contributed by atoms with E-state index in [1.54, 1.807) is 7.11 Å². The molecule has 0 aliphatic carbocycles. The Bertz CT molecular complexity index is 394. The second-order valence-corrected chi connectivity index (χ2v) is 3.56. The molecular formula is C11H17F2N3O3. The fourth-order valence-electron chi connectivity index (χ4n) is 1.26. The Labute approximate surface area is 109 Å². The lowest BCUT2D eigenvalue weighted by Gasteiger charge is -2.09. The van der Waals surface area contributed by atoms with E-state index in [0.717, 1.165) is 6.42 Å². The van der Waals surface area contributed by atoms with Crippen LogP contribution in [0.4, 0.5) is 14.6 Å². The standard InChI is InChI=1S/C11H17F2N3O3/c1-17-3-2-4-18-5-6-19-11-9(13)7-8(12)10(15-11)16-14/h7H,2-6,14H2,1H3,(H,15,16). The van der Waals surface area contributed by atoms with Crippen molar-refractivity contribution in [1.82, 2.24) is 4.98 Å². The lowest BCUT2D eigenvalue weighted by Crippen LogP contribution is -2.14. The molecule has 0 saturated carbocycles. The quantitative estimate of drug-likeness (QED) is 0.399. The number of anilines is 1. The Balaban J connectivity index is 2.33. The maximum absolute atomic E-state index is 13.3. The van der Waals surface area contributed by atoms with Crippen molar-refractivity contribution < 1.29 is 23.0 Å². The van der Waals surface area contributed by atoms with Crippen molar-refractivity contribution in [1.29, 1.82) is 0 Å². The van der Waals surface area contributed by atoms with E-state index >= 15 is 0 Å². The SMILES string of the molecule is COCCCOCCOc1nc(NN)c(F)cc1F. The van der Waals surface area contributed by atoms with Crippen molar-refractivity contribution in [3.05, 3.63) is 17.7 Å². The van der Waals surface area contributed by atoms with Gasteiger partial charge in [0, 0.05) is 26.4 Å². The first kappa shape index (κ1) is 15.5.